The van der Waals surface area contributed by atoms with Crippen molar-refractivity contribution in [3.63, 3.8) is 0 Å². The van der Waals surface area contributed by atoms with E-state index in [0.29, 0.717) is 11.1 Å². The van der Waals surface area contributed by atoms with Gasteiger partial charge in [0.1, 0.15) is 0 Å². The number of esters is 2. The number of Topliss-reactive ketones (excluding diaryl/α,β-unsaturated/α-hetero) is 2. The molecule has 0 saturated carbocycles. The van der Waals surface area contributed by atoms with Crippen molar-refractivity contribution >= 4 is 31.8 Å². The first-order valence-corrected chi connectivity index (χ1v) is 35.0. The summed E-state index contributed by atoms with van der Waals surface area (Å²) >= 11 is 0. The third kappa shape index (κ3) is 17.1. The van der Waals surface area contributed by atoms with E-state index in [-0.39, 0.29) is 52.1 Å². The molecular weight excluding hydrogens is 1090 g/mol. The van der Waals surface area contributed by atoms with E-state index in [2.05, 4.69) is 204 Å². The molecule has 8 nitrogen and oxygen atoms in total. The molecule has 0 fully saturated rings. The molecule has 6 rings (SSSR count). The van der Waals surface area contributed by atoms with E-state index in [1.165, 1.54) is 50.1 Å². The second kappa shape index (κ2) is 29.8. The topological polar surface area (TPSA) is 116 Å². The number of benzene rings is 6. The summed E-state index contributed by atoms with van der Waals surface area (Å²) in [7, 11) is -1.89. The molecule has 0 radical (unpaired) electrons. The van der Waals surface area contributed by atoms with Crippen molar-refractivity contribution in [3.05, 3.63) is 188 Å². The van der Waals surface area contributed by atoms with E-state index >= 15 is 0 Å². The molecule has 0 aliphatic rings. The Hall–Kier alpha value is -6.26. The maximum Gasteiger partial charge on any atom is 0.379 e. The Morgan fingerprint density at radius 2 is 0.782 bits per heavy atom. The van der Waals surface area contributed by atoms with Crippen LogP contribution in [0.2, 0.25) is 18.1 Å². The SMILES string of the molecule is CCOC(=O)C(=O)c1ccc(-c2ccc(C(CC)(CC)c3ccc(CCC(O)C(C)(C)C)c(C)c3)cc2C)cc1.CCOC(=O)C(=O)c1ccc(-c2ccc(C(CC)(CC)c3ccc(CCC(O[Si](C)(C)C(C)(C)C)C(C)(C)C)c(C)c3)cc2C)cc1. The van der Waals surface area contributed by atoms with E-state index in [1.807, 2.05) is 24.3 Å². The van der Waals surface area contributed by atoms with Crippen molar-refractivity contribution in [2.45, 2.75) is 224 Å². The van der Waals surface area contributed by atoms with Gasteiger partial charge < -0.3 is 19.0 Å². The Balaban J connectivity index is 0.000000321. The molecule has 2 unspecified atom stereocenters. The van der Waals surface area contributed by atoms with E-state index in [1.54, 1.807) is 38.1 Å². The molecule has 1 N–H and O–H groups in total. The number of ether oxygens (including phenoxy) is 2. The minimum Gasteiger partial charge on any atom is -0.460 e. The first-order chi connectivity index (χ1) is 40.7. The zero-order valence-electron chi connectivity index (χ0n) is 57.1. The Morgan fingerprint density at radius 1 is 0.448 bits per heavy atom. The summed E-state index contributed by atoms with van der Waals surface area (Å²) < 4.78 is 16.7. The summed E-state index contributed by atoms with van der Waals surface area (Å²) in [5, 5.41) is 10.7. The van der Waals surface area contributed by atoms with Gasteiger partial charge in [0.2, 0.25) is 0 Å². The lowest BCUT2D eigenvalue weighted by Crippen LogP contribution is -2.47. The Morgan fingerprint density at radius 3 is 1.07 bits per heavy atom. The molecule has 0 amide bonds. The lowest BCUT2D eigenvalue weighted by atomic mass is 9.69. The molecule has 2 atom stereocenters. The van der Waals surface area contributed by atoms with Crippen LogP contribution in [0.15, 0.2) is 121 Å². The highest BCUT2D eigenvalue weighted by Crippen LogP contribution is 2.45. The van der Waals surface area contributed by atoms with Crippen molar-refractivity contribution in [1.82, 2.24) is 0 Å². The van der Waals surface area contributed by atoms with Crippen LogP contribution in [-0.4, -0.2) is 62.4 Å². The van der Waals surface area contributed by atoms with Gasteiger partial charge in [-0.2, -0.15) is 0 Å². The van der Waals surface area contributed by atoms with Crippen LogP contribution in [0.25, 0.3) is 22.3 Å². The summed E-state index contributed by atoms with van der Waals surface area (Å²) in [6.07, 6.45) is 7.49. The van der Waals surface area contributed by atoms with Gasteiger partial charge in [0, 0.05) is 22.0 Å². The zero-order chi connectivity index (χ0) is 65.0. The number of aliphatic hydroxyl groups is 1. The summed E-state index contributed by atoms with van der Waals surface area (Å²) in [6, 6.07) is 41.9. The highest BCUT2D eigenvalue weighted by Gasteiger charge is 2.42. The fraction of sp³-hybridized carbons (Fsp3) is 0.487. The van der Waals surface area contributed by atoms with E-state index in [9.17, 15) is 24.3 Å². The number of rotatable bonds is 24. The van der Waals surface area contributed by atoms with Gasteiger partial charge in [-0.25, -0.2) is 9.59 Å². The number of carbonyl (C=O) groups is 4. The van der Waals surface area contributed by atoms with Crippen molar-refractivity contribution in [3.8, 4) is 22.3 Å². The van der Waals surface area contributed by atoms with E-state index in [4.69, 9.17) is 13.9 Å². The van der Waals surface area contributed by atoms with Gasteiger partial charge in [0.25, 0.3) is 11.6 Å². The molecule has 470 valence electrons. The molecule has 9 heteroatoms. The van der Waals surface area contributed by atoms with E-state index < -0.39 is 31.8 Å². The Kier molecular flexibility index (Phi) is 24.5. The van der Waals surface area contributed by atoms with Crippen LogP contribution >= 0.6 is 0 Å². The quantitative estimate of drug-likeness (QED) is 0.0276. The molecule has 0 aliphatic heterocycles. The van der Waals surface area contributed by atoms with Gasteiger partial charge >= 0.3 is 11.9 Å². The molecule has 6 aromatic rings. The standard InChI is InChI=1S/C42H60O4Si.C36H46O4/c1-14-42(15-2,35-24-25-36(30(5)28-35)32-17-19-33(20-18-32)38(43)39(44)45-16-3)34-23-21-31(29(4)27-34)22-26-37(40(6,7)8)46-47(12,13)41(9,10)11;1-9-36(10-2,29-18-16-26(24(4)22-29)17-21-32(37)35(6,7)8)30-19-20-31(25(5)23-30)27-12-14-28(15-13-27)33(38)34(39)40-11-3/h17-21,23-25,27-28,37H,14-16,22,26H2,1-13H3;12-16,18-20,22-23,32,37H,9-11,17,21H2,1-8H3. The average molecular weight is 1200 g/mol. The number of ketones is 2. The molecule has 0 spiro atoms. The molecule has 0 bridgehead atoms. The predicted octanol–water partition coefficient (Wildman–Crippen LogP) is 19.4. The summed E-state index contributed by atoms with van der Waals surface area (Å²) in [5.74, 6) is -2.87. The van der Waals surface area contributed by atoms with Gasteiger partial charge in [0.05, 0.1) is 25.4 Å². The fourth-order valence-electron chi connectivity index (χ4n) is 12.0. The van der Waals surface area contributed by atoms with Crippen molar-refractivity contribution < 1.29 is 38.2 Å². The maximum atomic E-state index is 12.4. The van der Waals surface area contributed by atoms with Crippen LogP contribution in [0.4, 0.5) is 0 Å². The molecule has 87 heavy (non-hydrogen) atoms. The highest BCUT2D eigenvalue weighted by atomic mass is 28.4. The molecule has 0 aliphatic carbocycles. The number of hydrogen-bond acceptors (Lipinski definition) is 8. The summed E-state index contributed by atoms with van der Waals surface area (Å²) in [5.41, 5.74) is 17.6. The number of carbonyl (C=O) groups excluding carboxylic acids is 4. The molecule has 6 aromatic carbocycles. The second-order valence-corrected chi connectivity index (χ2v) is 32.6. The van der Waals surface area contributed by atoms with Crippen molar-refractivity contribution in [2.24, 2.45) is 10.8 Å². The first-order valence-electron chi connectivity index (χ1n) is 32.1. The van der Waals surface area contributed by atoms with E-state index in [0.717, 1.165) is 79.2 Å². The maximum absolute atomic E-state index is 12.4. The average Bonchev–Trinajstić information content (AvgIpc) is 1.07. The normalized spacial score (nSPS) is 13.1. The predicted molar refractivity (Wildman–Crippen MR) is 364 cm³/mol. The molecule has 0 saturated heterocycles. The summed E-state index contributed by atoms with van der Waals surface area (Å²) in [6.45, 7) is 46.4. The zero-order valence-corrected chi connectivity index (χ0v) is 58.1. The largest absolute Gasteiger partial charge is 0.460 e. The highest BCUT2D eigenvalue weighted by molar-refractivity contribution is 6.74. The van der Waals surface area contributed by atoms with Gasteiger partial charge in [-0.3, -0.25) is 9.59 Å². The summed E-state index contributed by atoms with van der Waals surface area (Å²) in [4.78, 5) is 48.3. The van der Waals surface area contributed by atoms with Gasteiger partial charge in [-0.15, -0.1) is 0 Å². The minimum atomic E-state index is -1.89. The first kappa shape index (κ1) is 71.5. The molecular formula is C78H106O8Si. The number of hydrogen-bond donors (Lipinski definition) is 1. The van der Waals surface area contributed by atoms with Crippen LogP contribution in [0, 0.1) is 38.5 Å². The van der Waals surface area contributed by atoms with Gasteiger partial charge in [0.15, 0.2) is 8.32 Å². The number of aryl methyl sites for hydroxylation is 6. The van der Waals surface area contributed by atoms with Crippen LogP contribution in [0.5, 0.6) is 0 Å². The Bertz CT molecular complexity index is 3300. The van der Waals surface area contributed by atoms with Gasteiger partial charge in [-0.1, -0.05) is 211 Å². The monoisotopic (exact) mass is 1200 g/mol. The minimum absolute atomic E-state index is 0.0784. The lowest BCUT2D eigenvalue weighted by molar-refractivity contribution is -0.138. The van der Waals surface area contributed by atoms with Crippen LogP contribution in [0.3, 0.4) is 0 Å². The van der Waals surface area contributed by atoms with Gasteiger partial charge in [-0.05, 0) is 200 Å². The number of aliphatic hydroxyl groups excluding tert-OH is 1. The van der Waals surface area contributed by atoms with Crippen LogP contribution in [0.1, 0.15) is 219 Å². The van der Waals surface area contributed by atoms with Crippen LogP contribution < -0.4 is 0 Å². The molecule has 0 aromatic heterocycles. The lowest BCUT2D eigenvalue weighted by Gasteiger charge is -2.43. The second-order valence-electron chi connectivity index (χ2n) is 27.9. The third-order valence-corrected chi connectivity index (χ3v) is 23.7. The Labute approximate surface area is 525 Å². The van der Waals surface area contributed by atoms with Crippen molar-refractivity contribution in [1.29, 1.82) is 0 Å². The fourth-order valence-corrected chi connectivity index (χ4v) is 13.6. The van der Waals surface area contributed by atoms with Crippen LogP contribution in [-0.2, 0) is 47.2 Å². The smallest absolute Gasteiger partial charge is 0.379 e. The third-order valence-electron chi connectivity index (χ3n) is 19.2. The molecule has 0 heterocycles. The van der Waals surface area contributed by atoms with Crippen molar-refractivity contribution in [2.75, 3.05) is 13.2 Å².